The van der Waals surface area contributed by atoms with Gasteiger partial charge in [-0.3, -0.25) is 4.79 Å². The molecule has 0 aliphatic rings. The van der Waals surface area contributed by atoms with Crippen LogP contribution in [0, 0.1) is 5.82 Å². The van der Waals surface area contributed by atoms with E-state index in [-0.39, 0.29) is 21.9 Å². The molecule has 0 atom stereocenters. The van der Waals surface area contributed by atoms with E-state index < -0.39 is 5.82 Å². The number of nitrogens with zero attached hydrogens (tertiary/aromatic N) is 1. The summed E-state index contributed by atoms with van der Waals surface area (Å²) < 4.78 is 13.1. The maximum Gasteiger partial charge on any atom is 0.258 e. The minimum Gasteiger partial charge on any atom is -0.310 e. The van der Waals surface area contributed by atoms with Gasteiger partial charge in [0, 0.05) is 5.92 Å². The van der Waals surface area contributed by atoms with Crippen LogP contribution < -0.4 is 5.56 Å². The zero-order valence-electron chi connectivity index (χ0n) is 8.84. The lowest BCUT2D eigenvalue weighted by atomic mass is 10.2. The summed E-state index contributed by atoms with van der Waals surface area (Å²) in [6.45, 7) is 3.81. The van der Waals surface area contributed by atoms with E-state index in [4.69, 9.17) is 11.6 Å². The number of H-pyrrole nitrogens is 1. The van der Waals surface area contributed by atoms with E-state index >= 15 is 0 Å². The number of nitrogens with one attached hydrogen (secondary N) is 1. The van der Waals surface area contributed by atoms with Crippen molar-refractivity contribution in [3.05, 3.63) is 39.2 Å². The highest BCUT2D eigenvalue weighted by Crippen LogP contribution is 2.21. The van der Waals surface area contributed by atoms with Crippen LogP contribution in [0.25, 0.3) is 10.9 Å². The summed E-state index contributed by atoms with van der Waals surface area (Å²) in [5.41, 5.74) is -0.0226. The van der Waals surface area contributed by atoms with Crippen LogP contribution in [-0.4, -0.2) is 9.97 Å². The molecule has 0 radical (unpaired) electrons. The number of rotatable bonds is 1. The minimum atomic E-state index is -0.540. The molecule has 1 aromatic heterocycles. The fourth-order valence-corrected chi connectivity index (χ4v) is 1.71. The van der Waals surface area contributed by atoms with Gasteiger partial charge in [0.15, 0.2) is 0 Å². The highest BCUT2D eigenvalue weighted by Gasteiger charge is 2.10. The highest BCUT2D eigenvalue weighted by atomic mass is 35.5. The molecule has 1 aromatic carbocycles. The Bertz CT molecular complexity index is 607. The molecule has 2 aromatic rings. The molecule has 0 saturated heterocycles. The summed E-state index contributed by atoms with van der Waals surface area (Å²) in [5, 5.41) is 0.331. The minimum absolute atomic E-state index is 0.0817. The predicted molar refractivity (Wildman–Crippen MR) is 61.4 cm³/mol. The second-order valence-corrected chi connectivity index (χ2v) is 4.30. The lowest BCUT2D eigenvalue weighted by molar-refractivity contribution is 0.629. The molecule has 2 rings (SSSR count). The third kappa shape index (κ3) is 1.80. The first-order chi connectivity index (χ1) is 7.49. The summed E-state index contributed by atoms with van der Waals surface area (Å²) >= 11 is 5.86. The van der Waals surface area contributed by atoms with Crippen molar-refractivity contribution in [2.75, 3.05) is 0 Å². The van der Waals surface area contributed by atoms with Gasteiger partial charge in [-0.2, -0.15) is 0 Å². The Morgan fingerprint density at radius 1 is 1.44 bits per heavy atom. The first-order valence-electron chi connectivity index (χ1n) is 4.88. The Kier molecular flexibility index (Phi) is 2.68. The Balaban J connectivity index is 2.87. The van der Waals surface area contributed by atoms with Gasteiger partial charge in [0.25, 0.3) is 5.56 Å². The Morgan fingerprint density at radius 2 is 2.12 bits per heavy atom. The average molecular weight is 241 g/mol. The molecule has 0 aliphatic heterocycles. The van der Waals surface area contributed by atoms with Crippen molar-refractivity contribution in [3.8, 4) is 0 Å². The smallest absolute Gasteiger partial charge is 0.258 e. The van der Waals surface area contributed by atoms with Gasteiger partial charge in [-0.1, -0.05) is 25.4 Å². The van der Waals surface area contributed by atoms with Crippen LogP contribution in [0.1, 0.15) is 25.6 Å². The maximum absolute atomic E-state index is 13.1. The van der Waals surface area contributed by atoms with Crippen molar-refractivity contribution in [2.24, 2.45) is 0 Å². The monoisotopic (exact) mass is 240 g/mol. The van der Waals surface area contributed by atoms with Crippen LogP contribution in [0.4, 0.5) is 4.39 Å². The summed E-state index contributed by atoms with van der Waals surface area (Å²) in [5.74, 6) is 0.0892. The van der Waals surface area contributed by atoms with E-state index in [0.717, 1.165) is 12.1 Å². The maximum atomic E-state index is 13.1. The lowest BCUT2D eigenvalue weighted by Gasteiger charge is -2.06. The van der Waals surface area contributed by atoms with E-state index in [0.29, 0.717) is 11.3 Å². The molecule has 5 heteroatoms. The quantitative estimate of drug-likeness (QED) is 0.833. The first-order valence-corrected chi connectivity index (χ1v) is 5.26. The van der Waals surface area contributed by atoms with Gasteiger partial charge in [-0.15, -0.1) is 0 Å². The van der Waals surface area contributed by atoms with Crippen molar-refractivity contribution in [1.29, 1.82) is 0 Å². The number of benzene rings is 1. The number of hydrogen-bond donors (Lipinski definition) is 1. The van der Waals surface area contributed by atoms with Crippen LogP contribution in [0.5, 0.6) is 0 Å². The Morgan fingerprint density at radius 3 is 2.75 bits per heavy atom. The summed E-state index contributed by atoms with van der Waals surface area (Å²) in [6.07, 6.45) is 0. The molecule has 84 valence electrons. The van der Waals surface area contributed by atoms with Crippen molar-refractivity contribution in [3.63, 3.8) is 0 Å². The number of hydrogen-bond acceptors (Lipinski definition) is 2. The molecule has 0 amide bonds. The number of halogens is 2. The summed E-state index contributed by atoms with van der Waals surface area (Å²) in [7, 11) is 0. The van der Waals surface area contributed by atoms with Crippen LogP contribution in [0.3, 0.4) is 0 Å². The van der Waals surface area contributed by atoms with Crippen LogP contribution in [-0.2, 0) is 0 Å². The van der Waals surface area contributed by atoms with Crippen molar-refractivity contribution in [1.82, 2.24) is 9.97 Å². The van der Waals surface area contributed by atoms with Crippen LogP contribution >= 0.6 is 11.6 Å². The lowest BCUT2D eigenvalue weighted by Crippen LogP contribution is -2.13. The third-order valence-corrected chi connectivity index (χ3v) is 2.58. The van der Waals surface area contributed by atoms with Gasteiger partial charge in [0.05, 0.1) is 15.9 Å². The van der Waals surface area contributed by atoms with E-state index in [1.54, 1.807) is 0 Å². The van der Waals surface area contributed by atoms with Gasteiger partial charge < -0.3 is 4.98 Å². The van der Waals surface area contributed by atoms with Crippen molar-refractivity contribution >= 4 is 22.5 Å². The van der Waals surface area contributed by atoms with Crippen molar-refractivity contribution in [2.45, 2.75) is 19.8 Å². The van der Waals surface area contributed by atoms with Crippen LogP contribution in [0.2, 0.25) is 5.02 Å². The molecular formula is C11H10ClFN2O. The zero-order valence-corrected chi connectivity index (χ0v) is 9.60. The molecule has 0 spiro atoms. The summed E-state index contributed by atoms with van der Waals surface area (Å²) in [4.78, 5) is 18.5. The number of aromatic nitrogens is 2. The average Bonchev–Trinajstić information content (AvgIpc) is 2.19. The molecule has 0 unspecified atom stereocenters. The fourth-order valence-electron chi connectivity index (χ4n) is 1.46. The van der Waals surface area contributed by atoms with E-state index in [1.807, 2.05) is 13.8 Å². The van der Waals surface area contributed by atoms with E-state index in [1.165, 1.54) is 0 Å². The standard InChI is InChI=1S/C11H10ClFN2O/c1-5(2)10-14-9-7(11(16)15-10)3-6(13)4-8(9)12/h3-5H,1-2H3,(H,14,15,16). The Hall–Kier alpha value is -1.42. The second kappa shape index (κ2) is 3.87. The van der Waals surface area contributed by atoms with Gasteiger partial charge in [0.1, 0.15) is 11.6 Å². The molecule has 1 heterocycles. The fraction of sp³-hybridized carbons (Fsp3) is 0.273. The molecule has 0 bridgehead atoms. The van der Waals surface area contributed by atoms with Crippen LogP contribution in [0.15, 0.2) is 16.9 Å². The third-order valence-electron chi connectivity index (χ3n) is 2.29. The SMILES string of the molecule is CC(C)c1nc2c(Cl)cc(F)cc2c(=O)[nH]1. The predicted octanol–water partition coefficient (Wildman–Crippen LogP) is 2.84. The van der Waals surface area contributed by atoms with Gasteiger partial charge >= 0.3 is 0 Å². The molecule has 0 aliphatic carbocycles. The largest absolute Gasteiger partial charge is 0.310 e. The second-order valence-electron chi connectivity index (χ2n) is 3.89. The van der Waals surface area contributed by atoms with E-state index in [2.05, 4.69) is 9.97 Å². The number of fused-ring (bicyclic) bond motifs is 1. The molecule has 0 saturated carbocycles. The van der Waals surface area contributed by atoms with Gasteiger partial charge in [-0.05, 0) is 12.1 Å². The van der Waals surface area contributed by atoms with Crippen molar-refractivity contribution < 1.29 is 4.39 Å². The highest BCUT2D eigenvalue weighted by molar-refractivity contribution is 6.35. The number of aromatic amines is 1. The molecule has 16 heavy (non-hydrogen) atoms. The molecule has 3 nitrogen and oxygen atoms in total. The summed E-state index contributed by atoms with van der Waals surface area (Å²) in [6, 6.07) is 2.29. The Labute approximate surface area is 96.3 Å². The van der Waals surface area contributed by atoms with E-state index in [9.17, 15) is 9.18 Å². The molecular weight excluding hydrogens is 231 g/mol. The topological polar surface area (TPSA) is 45.8 Å². The van der Waals surface area contributed by atoms with Gasteiger partial charge in [-0.25, -0.2) is 9.37 Å². The normalized spacial score (nSPS) is 11.3. The zero-order chi connectivity index (χ0) is 11.9. The molecule has 0 fully saturated rings. The van der Waals surface area contributed by atoms with Gasteiger partial charge in [0.2, 0.25) is 0 Å². The first kappa shape index (κ1) is 11.1. The molecule has 1 N–H and O–H groups in total.